The summed E-state index contributed by atoms with van der Waals surface area (Å²) in [5.74, 6) is 0.654. The van der Waals surface area contributed by atoms with Gasteiger partial charge < -0.3 is 20.3 Å². The average Bonchev–Trinajstić information content (AvgIpc) is 3.31. The number of aromatic nitrogens is 6. The lowest BCUT2D eigenvalue weighted by atomic mass is 9.94. The quantitative estimate of drug-likeness (QED) is 0.505. The van der Waals surface area contributed by atoms with Gasteiger partial charge in [-0.25, -0.2) is 9.67 Å². The molecular formula is C19H20N8O3. The van der Waals surface area contributed by atoms with E-state index in [1.54, 1.807) is 52.2 Å². The molecule has 11 heteroatoms. The number of anilines is 1. The number of nitrogens with two attached hydrogens (primary N) is 1. The zero-order valence-electron chi connectivity index (χ0n) is 16.9. The van der Waals surface area contributed by atoms with Crippen LogP contribution in [0.5, 0.6) is 0 Å². The fraction of sp³-hybridized carbons (Fsp3) is 0.263. The summed E-state index contributed by atoms with van der Waals surface area (Å²) in [5.41, 5.74) is 5.48. The third-order valence-electron chi connectivity index (χ3n) is 4.69. The highest BCUT2D eigenvalue weighted by Gasteiger charge is 2.32. The first-order valence-corrected chi connectivity index (χ1v) is 9.05. The Bertz CT molecular complexity index is 1260. The summed E-state index contributed by atoms with van der Waals surface area (Å²) in [6, 6.07) is 6.75. The Kier molecular flexibility index (Phi) is 4.46. The van der Waals surface area contributed by atoms with Gasteiger partial charge in [0.1, 0.15) is 5.60 Å². The van der Waals surface area contributed by atoms with Crippen LogP contribution >= 0.6 is 0 Å². The summed E-state index contributed by atoms with van der Waals surface area (Å²) in [6.07, 6.45) is 1.50. The SMILES string of the molecule is Cc1nc(C(C)(O)c2ccc3c(C(=O)N(C)C)nn(-c4ccnc(N)n4)c3c2)no1. The highest BCUT2D eigenvalue weighted by molar-refractivity contribution is 6.05. The maximum absolute atomic E-state index is 12.7. The number of nitrogens with zero attached hydrogens (tertiary/aromatic N) is 7. The molecular weight excluding hydrogens is 388 g/mol. The fourth-order valence-electron chi connectivity index (χ4n) is 3.07. The lowest BCUT2D eigenvalue weighted by molar-refractivity contribution is 0.0823. The number of aliphatic hydroxyl groups is 1. The molecule has 0 saturated carbocycles. The van der Waals surface area contributed by atoms with Gasteiger partial charge in [0.15, 0.2) is 11.5 Å². The number of hydrogen-bond acceptors (Lipinski definition) is 9. The number of aryl methyl sites for hydroxylation is 1. The second-order valence-electron chi connectivity index (χ2n) is 7.17. The Hall–Kier alpha value is -3.86. The third kappa shape index (κ3) is 3.14. The number of amides is 1. The molecule has 3 N–H and O–H groups in total. The Labute approximate surface area is 171 Å². The van der Waals surface area contributed by atoms with Crippen LogP contribution in [-0.4, -0.2) is 59.9 Å². The minimum atomic E-state index is -1.53. The van der Waals surface area contributed by atoms with E-state index >= 15 is 0 Å². The van der Waals surface area contributed by atoms with E-state index in [1.807, 2.05) is 0 Å². The minimum absolute atomic E-state index is 0.0714. The van der Waals surface area contributed by atoms with Crippen LogP contribution in [0.25, 0.3) is 16.7 Å². The van der Waals surface area contributed by atoms with Gasteiger partial charge in [0.05, 0.1) is 5.52 Å². The van der Waals surface area contributed by atoms with Crippen molar-refractivity contribution in [3.05, 3.63) is 53.4 Å². The Morgan fingerprint density at radius 2 is 2.03 bits per heavy atom. The molecule has 0 saturated heterocycles. The number of rotatable bonds is 4. The molecule has 1 aromatic carbocycles. The largest absolute Gasteiger partial charge is 0.377 e. The van der Waals surface area contributed by atoms with E-state index in [4.69, 9.17) is 10.3 Å². The summed E-state index contributed by atoms with van der Waals surface area (Å²) in [6.45, 7) is 3.21. The molecule has 1 atom stereocenters. The first-order chi connectivity index (χ1) is 14.2. The van der Waals surface area contributed by atoms with Crippen LogP contribution in [0.1, 0.15) is 34.7 Å². The second-order valence-corrected chi connectivity index (χ2v) is 7.17. The van der Waals surface area contributed by atoms with Crippen LogP contribution < -0.4 is 5.73 Å². The van der Waals surface area contributed by atoms with E-state index in [2.05, 4.69) is 25.2 Å². The number of carbonyl (C=O) groups excluding carboxylic acids is 1. The lowest BCUT2D eigenvalue weighted by Gasteiger charge is -2.20. The van der Waals surface area contributed by atoms with Gasteiger partial charge in [-0.05, 0) is 24.6 Å². The standard InChI is InChI=1S/C19H20N8O3/c1-10-22-17(25-30-10)19(2,29)11-5-6-12-13(9-11)27(14-7-8-21-18(20)23-14)24-15(12)16(28)26(3)4/h5-9,29H,1-4H3,(H2,20,21,23). The molecule has 4 rings (SSSR count). The van der Waals surface area contributed by atoms with Gasteiger partial charge in [0, 0.05) is 38.7 Å². The topological polar surface area (TPSA) is 149 Å². The van der Waals surface area contributed by atoms with Crippen LogP contribution in [-0.2, 0) is 5.60 Å². The number of benzene rings is 1. The van der Waals surface area contributed by atoms with Crippen LogP contribution in [0.3, 0.4) is 0 Å². The molecule has 0 aliphatic rings. The summed E-state index contributed by atoms with van der Waals surface area (Å²) in [7, 11) is 3.29. The predicted molar refractivity (Wildman–Crippen MR) is 107 cm³/mol. The van der Waals surface area contributed by atoms with E-state index < -0.39 is 5.60 Å². The maximum Gasteiger partial charge on any atom is 0.274 e. The average molecular weight is 408 g/mol. The number of nitrogen functional groups attached to an aromatic ring is 1. The van der Waals surface area contributed by atoms with Crippen LogP contribution in [0.15, 0.2) is 35.0 Å². The van der Waals surface area contributed by atoms with Crippen molar-refractivity contribution in [2.75, 3.05) is 19.8 Å². The highest BCUT2D eigenvalue weighted by atomic mass is 16.5. The lowest BCUT2D eigenvalue weighted by Crippen LogP contribution is -2.24. The summed E-state index contributed by atoms with van der Waals surface area (Å²) >= 11 is 0. The van der Waals surface area contributed by atoms with E-state index in [9.17, 15) is 9.90 Å². The zero-order valence-corrected chi connectivity index (χ0v) is 16.9. The normalized spacial score (nSPS) is 13.4. The van der Waals surface area contributed by atoms with Gasteiger partial charge in [-0.15, -0.1) is 0 Å². The Morgan fingerprint density at radius 3 is 2.67 bits per heavy atom. The number of fused-ring (bicyclic) bond motifs is 1. The van der Waals surface area contributed by atoms with Crippen molar-refractivity contribution in [1.29, 1.82) is 0 Å². The highest BCUT2D eigenvalue weighted by Crippen LogP contribution is 2.31. The summed E-state index contributed by atoms with van der Waals surface area (Å²) in [4.78, 5) is 26.4. The van der Waals surface area contributed by atoms with Crippen LogP contribution in [0, 0.1) is 6.92 Å². The molecule has 4 aromatic rings. The Morgan fingerprint density at radius 1 is 1.27 bits per heavy atom. The minimum Gasteiger partial charge on any atom is -0.377 e. The first-order valence-electron chi connectivity index (χ1n) is 9.05. The molecule has 0 bridgehead atoms. The van der Waals surface area contributed by atoms with E-state index in [1.165, 1.54) is 15.8 Å². The predicted octanol–water partition coefficient (Wildman–Crippen LogP) is 1.05. The van der Waals surface area contributed by atoms with Gasteiger partial charge in [-0.1, -0.05) is 11.2 Å². The first kappa shape index (κ1) is 19.5. The molecule has 0 aliphatic carbocycles. The molecule has 154 valence electrons. The number of carbonyl (C=O) groups is 1. The van der Waals surface area contributed by atoms with Crippen molar-refractivity contribution < 1.29 is 14.4 Å². The molecule has 30 heavy (non-hydrogen) atoms. The van der Waals surface area contributed by atoms with Gasteiger partial charge in [-0.2, -0.15) is 15.1 Å². The molecule has 0 radical (unpaired) electrons. The molecule has 0 spiro atoms. The van der Waals surface area contributed by atoms with Crippen molar-refractivity contribution in [2.24, 2.45) is 0 Å². The molecule has 0 fully saturated rings. The third-order valence-corrected chi connectivity index (χ3v) is 4.69. The number of hydrogen-bond donors (Lipinski definition) is 2. The van der Waals surface area contributed by atoms with E-state index in [0.29, 0.717) is 28.2 Å². The zero-order chi connectivity index (χ0) is 21.6. The van der Waals surface area contributed by atoms with Crippen molar-refractivity contribution in [1.82, 2.24) is 34.8 Å². The second kappa shape index (κ2) is 6.88. The molecule has 11 nitrogen and oxygen atoms in total. The molecule has 3 heterocycles. The van der Waals surface area contributed by atoms with Crippen molar-refractivity contribution in [3.63, 3.8) is 0 Å². The van der Waals surface area contributed by atoms with Gasteiger partial charge in [0.25, 0.3) is 5.91 Å². The van der Waals surface area contributed by atoms with Crippen molar-refractivity contribution in [2.45, 2.75) is 19.4 Å². The smallest absolute Gasteiger partial charge is 0.274 e. The maximum atomic E-state index is 12.7. The summed E-state index contributed by atoms with van der Waals surface area (Å²) < 4.78 is 6.50. The van der Waals surface area contributed by atoms with Gasteiger partial charge in [0.2, 0.25) is 17.7 Å². The summed E-state index contributed by atoms with van der Waals surface area (Å²) in [5, 5.41) is 20.0. The molecule has 0 aliphatic heterocycles. The monoisotopic (exact) mass is 408 g/mol. The van der Waals surface area contributed by atoms with Crippen molar-refractivity contribution in [3.8, 4) is 5.82 Å². The van der Waals surface area contributed by atoms with Crippen LogP contribution in [0.4, 0.5) is 5.95 Å². The van der Waals surface area contributed by atoms with Crippen molar-refractivity contribution >= 4 is 22.8 Å². The van der Waals surface area contributed by atoms with E-state index in [0.717, 1.165) is 0 Å². The molecule has 1 unspecified atom stereocenters. The van der Waals surface area contributed by atoms with Crippen LogP contribution in [0.2, 0.25) is 0 Å². The van der Waals surface area contributed by atoms with Gasteiger partial charge >= 0.3 is 0 Å². The Balaban J connectivity index is 1.96. The molecule has 1 amide bonds. The van der Waals surface area contributed by atoms with E-state index in [-0.39, 0.29) is 23.4 Å². The fourth-order valence-corrected chi connectivity index (χ4v) is 3.07. The molecule has 3 aromatic heterocycles. The van der Waals surface area contributed by atoms with Gasteiger partial charge in [-0.3, -0.25) is 4.79 Å².